The number of fused-ring (bicyclic) bond motifs is 1. The van der Waals surface area contributed by atoms with E-state index >= 15 is 0 Å². The van der Waals surface area contributed by atoms with Crippen molar-refractivity contribution in [1.82, 2.24) is 4.98 Å². The van der Waals surface area contributed by atoms with Gasteiger partial charge in [-0.2, -0.15) is 5.26 Å². The molecule has 3 nitrogen and oxygen atoms in total. The minimum atomic E-state index is 0.109. The lowest BCUT2D eigenvalue weighted by Gasteiger charge is -2.21. The van der Waals surface area contributed by atoms with Crippen molar-refractivity contribution in [3.05, 3.63) is 33.4 Å². The van der Waals surface area contributed by atoms with E-state index in [4.69, 9.17) is 11.6 Å². The third-order valence-electron chi connectivity index (χ3n) is 2.81. The summed E-state index contributed by atoms with van der Waals surface area (Å²) in [4.78, 5) is 4.28. The van der Waals surface area contributed by atoms with Gasteiger partial charge in [0.1, 0.15) is 6.07 Å². The fourth-order valence-corrected chi connectivity index (χ4v) is 2.71. The fourth-order valence-electron chi connectivity index (χ4n) is 1.86. The van der Waals surface area contributed by atoms with Gasteiger partial charge < -0.3 is 5.32 Å². The fraction of sp³-hybridized carbons (Fsp3) is 0.333. The van der Waals surface area contributed by atoms with E-state index in [0.29, 0.717) is 16.1 Å². The lowest BCUT2D eigenvalue weighted by Crippen LogP contribution is -2.19. The third kappa shape index (κ3) is 3.23. The van der Waals surface area contributed by atoms with E-state index in [9.17, 15) is 5.26 Å². The van der Waals surface area contributed by atoms with Gasteiger partial charge in [-0.3, -0.25) is 4.98 Å². The van der Waals surface area contributed by atoms with Gasteiger partial charge in [0.2, 0.25) is 0 Å². The van der Waals surface area contributed by atoms with Gasteiger partial charge in [0.25, 0.3) is 0 Å². The van der Waals surface area contributed by atoms with E-state index in [2.05, 4.69) is 53.1 Å². The Balaban J connectivity index is 2.62. The number of pyridine rings is 1. The molecule has 2 rings (SSSR count). The number of aromatic nitrogens is 1. The van der Waals surface area contributed by atoms with Crippen molar-refractivity contribution in [3.63, 3.8) is 0 Å². The average Bonchev–Trinajstić information content (AvgIpc) is 2.34. The highest BCUT2D eigenvalue weighted by Crippen LogP contribution is 2.33. The van der Waals surface area contributed by atoms with Gasteiger partial charge in [-0.15, -0.1) is 0 Å². The molecule has 0 unspecified atom stereocenters. The highest BCUT2D eigenvalue weighted by molar-refractivity contribution is 9.10. The van der Waals surface area contributed by atoms with Crippen LogP contribution >= 0.6 is 27.5 Å². The topological polar surface area (TPSA) is 48.7 Å². The molecule has 1 N–H and O–H groups in total. The van der Waals surface area contributed by atoms with Crippen LogP contribution < -0.4 is 5.32 Å². The second kappa shape index (κ2) is 5.59. The number of hydrogen-bond acceptors (Lipinski definition) is 3. The smallest absolute Gasteiger partial charge is 0.103 e. The standard InChI is InChI=1S/C15H15BrClN3/c1-15(2,3)8-20-13-9(6-18)7-19-14-11(13)4-10(16)5-12(14)17/h4-5,7H,8H2,1-3H3,(H,19,20). The van der Waals surface area contributed by atoms with E-state index in [1.807, 2.05) is 6.07 Å². The minimum absolute atomic E-state index is 0.109. The molecule has 0 aliphatic carbocycles. The quantitative estimate of drug-likeness (QED) is 0.829. The van der Waals surface area contributed by atoms with Gasteiger partial charge >= 0.3 is 0 Å². The summed E-state index contributed by atoms with van der Waals surface area (Å²) in [6.07, 6.45) is 1.56. The monoisotopic (exact) mass is 351 g/mol. The van der Waals surface area contributed by atoms with Crippen LogP contribution in [0.1, 0.15) is 26.3 Å². The molecule has 1 heterocycles. The molecule has 0 aliphatic heterocycles. The molecule has 1 aromatic carbocycles. The van der Waals surface area contributed by atoms with Crippen LogP contribution in [0.25, 0.3) is 10.9 Å². The largest absolute Gasteiger partial charge is 0.383 e. The number of hydrogen-bond donors (Lipinski definition) is 1. The Bertz CT molecular complexity index is 699. The molecule has 20 heavy (non-hydrogen) atoms. The normalized spacial score (nSPS) is 11.4. The zero-order chi connectivity index (χ0) is 14.9. The highest BCUT2D eigenvalue weighted by Gasteiger charge is 2.15. The molecular formula is C15H15BrClN3. The molecule has 0 amide bonds. The Kier molecular flexibility index (Phi) is 4.22. The SMILES string of the molecule is CC(C)(C)CNc1c(C#N)cnc2c(Cl)cc(Br)cc12. The second-order valence-corrected chi connectivity index (χ2v) is 7.18. The first-order valence-electron chi connectivity index (χ1n) is 6.23. The van der Waals surface area contributed by atoms with Crippen molar-refractivity contribution in [2.24, 2.45) is 5.41 Å². The zero-order valence-electron chi connectivity index (χ0n) is 11.6. The summed E-state index contributed by atoms with van der Waals surface area (Å²) in [6.45, 7) is 7.17. The van der Waals surface area contributed by atoms with E-state index in [1.165, 1.54) is 0 Å². The molecule has 0 saturated carbocycles. The second-order valence-electron chi connectivity index (χ2n) is 5.86. The van der Waals surface area contributed by atoms with E-state index in [-0.39, 0.29) is 5.41 Å². The van der Waals surface area contributed by atoms with Crippen LogP contribution in [-0.2, 0) is 0 Å². The van der Waals surface area contributed by atoms with Crippen molar-refractivity contribution >= 4 is 44.1 Å². The maximum absolute atomic E-state index is 9.27. The van der Waals surface area contributed by atoms with E-state index in [0.717, 1.165) is 22.1 Å². The maximum atomic E-state index is 9.27. The Labute approximate surface area is 132 Å². The minimum Gasteiger partial charge on any atom is -0.383 e. The van der Waals surface area contributed by atoms with Gasteiger partial charge in [0, 0.05) is 22.6 Å². The van der Waals surface area contributed by atoms with E-state index < -0.39 is 0 Å². The molecule has 1 aromatic heterocycles. The molecule has 0 saturated heterocycles. The number of rotatable bonds is 2. The zero-order valence-corrected chi connectivity index (χ0v) is 13.9. The molecule has 5 heteroatoms. The van der Waals surface area contributed by atoms with Crippen molar-refractivity contribution in [3.8, 4) is 6.07 Å². The highest BCUT2D eigenvalue weighted by atomic mass is 79.9. The summed E-state index contributed by atoms with van der Waals surface area (Å²) in [7, 11) is 0. The molecule has 0 radical (unpaired) electrons. The maximum Gasteiger partial charge on any atom is 0.103 e. The van der Waals surface area contributed by atoms with Gasteiger partial charge in [0.05, 0.1) is 21.8 Å². The van der Waals surface area contributed by atoms with Crippen molar-refractivity contribution in [2.75, 3.05) is 11.9 Å². The predicted molar refractivity (Wildman–Crippen MR) is 87.1 cm³/mol. The van der Waals surface area contributed by atoms with Gasteiger partial charge in [-0.05, 0) is 17.5 Å². The predicted octanol–water partition coefficient (Wildman–Crippen LogP) is 4.98. The Morgan fingerprint density at radius 1 is 1.40 bits per heavy atom. The summed E-state index contributed by atoms with van der Waals surface area (Å²) in [5.41, 5.74) is 2.12. The Hall–Kier alpha value is -1.31. The molecule has 0 spiro atoms. The van der Waals surface area contributed by atoms with Crippen LogP contribution in [0.3, 0.4) is 0 Å². The Morgan fingerprint density at radius 3 is 2.70 bits per heavy atom. The van der Waals surface area contributed by atoms with Crippen LogP contribution in [0, 0.1) is 16.7 Å². The Morgan fingerprint density at radius 2 is 2.10 bits per heavy atom. The molecule has 104 valence electrons. The number of nitrogens with zero attached hydrogens (tertiary/aromatic N) is 2. The van der Waals surface area contributed by atoms with Gasteiger partial charge in [-0.1, -0.05) is 48.3 Å². The van der Waals surface area contributed by atoms with Crippen LogP contribution in [0.4, 0.5) is 5.69 Å². The first kappa shape index (κ1) is 15.1. The lowest BCUT2D eigenvalue weighted by molar-refractivity contribution is 0.443. The molecular weight excluding hydrogens is 338 g/mol. The summed E-state index contributed by atoms with van der Waals surface area (Å²) < 4.78 is 0.866. The molecule has 0 bridgehead atoms. The molecule has 2 aromatic rings. The van der Waals surface area contributed by atoms with Crippen LogP contribution in [0.5, 0.6) is 0 Å². The van der Waals surface area contributed by atoms with Crippen molar-refractivity contribution in [1.29, 1.82) is 5.26 Å². The molecule has 0 atom stereocenters. The summed E-state index contributed by atoms with van der Waals surface area (Å²) in [5.74, 6) is 0. The number of nitriles is 1. The van der Waals surface area contributed by atoms with E-state index in [1.54, 1.807) is 12.3 Å². The first-order valence-corrected chi connectivity index (χ1v) is 7.40. The van der Waals surface area contributed by atoms with Gasteiger partial charge in [0.15, 0.2) is 0 Å². The third-order valence-corrected chi connectivity index (χ3v) is 3.55. The van der Waals surface area contributed by atoms with Crippen LogP contribution in [0.15, 0.2) is 22.8 Å². The number of benzene rings is 1. The summed E-state index contributed by atoms with van der Waals surface area (Å²) >= 11 is 9.65. The first-order chi connectivity index (χ1) is 9.31. The van der Waals surface area contributed by atoms with Crippen molar-refractivity contribution < 1.29 is 0 Å². The van der Waals surface area contributed by atoms with Crippen LogP contribution in [-0.4, -0.2) is 11.5 Å². The summed E-state index contributed by atoms with van der Waals surface area (Å²) in [6, 6.07) is 5.91. The average molecular weight is 353 g/mol. The number of halogens is 2. The lowest BCUT2D eigenvalue weighted by atomic mass is 9.96. The van der Waals surface area contributed by atoms with Crippen LogP contribution in [0.2, 0.25) is 5.02 Å². The number of anilines is 1. The molecule has 0 fully saturated rings. The number of nitrogens with one attached hydrogen (secondary N) is 1. The van der Waals surface area contributed by atoms with Crippen molar-refractivity contribution in [2.45, 2.75) is 20.8 Å². The van der Waals surface area contributed by atoms with Gasteiger partial charge in [-0.25, -0.2) is 0 Å². The summed E-state index contributed by atoms with van der Waals surface area (Å²) in [5, 5.41) is 14.1. The molecule has 0 aliphatic rings.